The second-order valence-electron chi connectivity index (χ2n) is 4.73. The van der Waals surface area contributed by atoms with Crippen molar-refractivity contribution in [2.75, 3.05) is 6.61 Å². The first-order chi connectivity index (χ1) is 8.73. The van der Waals surface area contributed by atoms with Crippen molar-refractivity contribution in [1.82, 2.24) is 0 Å². The number of aliphatic hydroxyl groups is 2. The molecule has 96 valence electrons. The summed E-state index contributed by atoms with van der Waals surface area (Å²) in [6.45, 7) is -0.335. The summed E-state index contributed by atoms with van der Waals surface area (Å²) in [5.74, 6) is 0. The Morgan fingerprint density at radius 1 is 1.33 bits per heavy atom. The molecule has 0 amide bonds. The highest BCUT2D eigenvalue weighted by Crippen LogP contribution is 2.44. The SMILES string of the molecule is O=C=NC1(c2ccccc2C(O)CO)CCCC1. The Bertz CT molecular complexity index is 460. The van der Waals surface area contributed by atoms with Crippen molar-refractivity contribution < 1.29 is 15.0 Å². The molecule has 2 N–H and O–H groups in total. The van der Waals surface area contributed by atoms with Gasteiger partial charge in [0.25, 0.3) is 0 Å². The molecule has 1 aromatic rings. The van der Waals surface area contributed by atoms with Gasteiger partial charge >= 0.3 is 0 Å². The van der Waals surface area contributed by atoms with E-state index in [1.807, 2.05) is 18.2 Å². The van der Waals surface area contributed by atoms with Gasteiger partial charge in [-0.3, -0.25) is 0 Å². The van der Waals surface area contributed by atoms with Gasteiger partial charge in [0.05, 0.1) is 12.1 Å². The maximum Gasteiger partial charge on any atom is 0.235 e. The summed E-state index contributed by atoms with van der Waals surface area (Å²) in [6, 6.07) is 7.32. The van der Waals surface area contributed by atoms with Crippen LogP contribution in [0.4, 0.5) is 0 Å². The molecule has 0 spiro atoms. The van der Waals surface area contributed by atoms with Crippen LogP contribution in [0.25, 0.3) is 0 Å². The first-order valence-corrected chi connectivity index (χ1v) is 6.21. The Balaban J connectivity index is 2.51. The molecule has 0 aliphatic heterocycles. The average Bonchev–Trinajstić information content (AvgIpc) is 2.88. The number of hydrogen-bond acceptors (Lipinski definition) is 4. The van der Waals surface area contributed by atoms with Crippen LogP contribution in [0.3, 0.4) is 0 Å². The predicted molar refractivity (Wildman–Crippen MR) is 66.8 cm³/mol. The number of isocyanates is 1. The first kappa shape index (κ1) is 13.0. The average molecular weight is 247 g/mol. The molecular formula is C14H17NO3. The number of aliphatic hydroxyl groups excluding tert-OH is 2. The van der Waals surface area contributed by atoms with Crippen molar-refractivity contribution in [2.24, 2.45) is 4.99 Å². The lowest BCUT2D eigenvalue weighted by Gasteiger charge is -2.27. The van der Waals surface area contributed by atoms with Gasteiger partial charge in [-0.05, 0) is 24.0 Å². The Kier molecular flexibility index (Phi) is 3.92. The minimum atomic E-state index is -0.930. The van der Waals surface area contributed by atoms with Crippen LogP contribution >= 0.6 is 0 Å². The van der Waals surface area contributed by atoms with Gasteiger partial charge in [-0.1, -0.05) is 37.1 Å². The summed E-state index contributed by atoms with van der Waals surface area (Å²) in [4.78, 5) is 14.7. The summed E-state index contributed by atoms with van der Waals surface area (Å²) in [7, 11) is 0. The Morgan fingerprint density at radius 2 is 2.00 bits per heavy atom. The Morgan fingerprint density at radius 3 is 2.61 bits per heavy atom. The summed E-state index contributed by atoms with van der Waals surface area (Å²) in [6.07, 6.45) is 4.33. The van der Waals surface area contributed by atoms with E-state index in [0.717, 1.165) is 31.2 Å². The van der Waals surface area contributed by atoms with E-state index in [4.69, 9.17) is 5.11 Å². The lowest BCUT2D eigenvalue weighted by atomic mass is 9.84. The monoisotopic (exact) mass is 247 g/mol. The van der Waals surface area contributed by atoms with Gasteiger partial charge in [-0.25, -0.2) is 4.79 Å². The van der Waals surface area contributed by atoms with E-state index >= 15 is 0 Å². The molecule has 0 heterocycles. The number of benzene rings is 1. The zero-order valence-corrected chi connectivity index (χ0v) is 10.2. The van der Waals surface area contributed by atoms with Crippen molar-refractivity contribution in [1.29, 1.82) is 0 Å². The molecule has 1 saturated carbocycles. The van der Waals surface area contributed by atoms with Gasteiger partial charge in [-0.2, -0.15) is 4.99 Å². The summed E-state index contributed by atoms with van der Waals surface area (Å²) in [5.41, 5.74) is 0.933. The largest absolute Gasteiger partial charge is 0.393 e. The third kappa shape index (κ3) is 2.23. The van der Waals surface area contributed by atoms with Crippen molar-refractivity contribution in [2.45, 2.75) is 37.3 Å². The molecule has 1 aliphatic carbocycles. The van der Waals surface area contributed by atoms with Crippen LogP contribution in [0.1, 0.15) is 42.9 Å². The van der Waals surface area contributed by atoms with Crippen molar-refractivity contribution in [3.05, 3.63) is 35.4 Å². The lowest BCUT2D eigenvalue weighted by molar-refractivity contribution is 0.0938. The number of hydrogen-bond donors (Lipinski definition) is 2. The number of nitrogens with zero attached hydrogens (tertiary/aromatic N) is 1. The van der Waals surface area contributed by atoms with Crippen LogP contribution in [0.5, 0.6) is 0 Å². The maximum atomic E-state index is 10.7. The lowest BCUT2D eigenvalue weighted by Crippen LogP contribution is -2.22. The minimum Gasteiger partial charge on any atom is -0.393 e. The molecule has 18 heavy (non-hydrogen) atoms. The standard InChI is InChI=1S/C14H17NO3/c16-9-13(18)11-5-1-2-6-12(11)14(15-10-17)7-3-4-8-14/h1-2,5-6,13,16,18H,3-4,7-9H2. The molecule has 1 unspecified atom stereocenters. The van der Waals surface area contributed by atoms with E-state index in [1.165, 1.54) is 0 Å². The van der Waals surface area contributed by atoms with Crippen LogP contribution in [0.15, 0.2) is 29.3 Å². The van der Waals surface area contributed by atoms with E-state index in [9.17, 15) is 9.90 Å². The number of aliphatic imine (C=N–C) groups is 1. The summed E-state index contributed by atoms with van der Waals surface area (Å²) >= 11 is 0. The van der Waals surface area contributed by atoms with E-state index in [0.29, 0.717) is 5.56 Å². The molecule has 0 bridgehead atoms. The number of rotatable bonds is 4. The van der Waals surface area contributed by atoms with Crippen LogP contribution in [0, 0.1) is 0 Å². The highest BCUT2D eigenvalue weighted by atomic mass is 16.3. The zero-order valence-electron chi connectivity index (χ0n) is 10.2. The van der Waals surface area contributed by atoms with Gasteiger partial charge in [0, 0.05) is 0 Å². The molecule has 0 saturated heterocycles. The first-order valence-electron chi connectivity index (χ1n) is 6.21. The van der Waals surface area contributed by atoms with Crippen molar-refractivity contribution in [3.63, 3.8) is 0 Å². The third-order valence-corrected chi connectivity index (χ3v) is 3.68. The highest BCUT2D eigenvalue weighted by Gasteiger charge is 2.37. The van der Waals surface area contributed by atoms with E-state index in [1.54, 1.807) is 12.1 Å². The Labute approximate surface area is 106 Å². The fourth-order valence-corrected chi connectivity index (χ4v) is 2.80. The Hall–Kier alpha value is -1.48. The smallest absolute Gasteiger partial charge is 0.235 e. The molecule has 1 atom stereocenters. The fourth-order valence-electron chi connectivity index (χ4n) is 2.80. The van der Waals surface area contributed by atoms with Crippen LogP contribution in [-0.2, 0) is 10.3 Å². The van der Waals surface area contributed by atoms with Crippen molar-refractivity contribution >= 4 is 6.08 Å². The van der Waals surface area contributed by atoms with Gasteiger partial charge in [0.15, 0.2) is 0 Å². The van der Waals surface area contributed by atoms with Crippen molar-refractivity contribution in [3.8, 4) is 0 Å². The maximum absolute atomic E-state index is 10.7. The highest BCUT2D eigenvalue weighted by molar-refractivity contribution is 5.42. The number of carbonyl (C=O) groups excluding carboxylic acids is 1. The van der Waals surface area contributed by atoms with Gasteiger partial charge in [-0.15, -0.1) is 0 Å². The normalized spacial score (nSPS) is 19.2. The van der Waals surface area contributed by atoms with Gasteiger partial charge < -0.3 is 10.2 Å². The van der Waals surface area contributed by atoms with E-state index < -0.39 is 11.6 Å². The predicted octanol–water partition coefficient (Wildman–Crippen LogP) is 1.82. The second-order valence-corrected chi connectivity index (χ2v) is 4.73. The molecular weight excluding hydrogens is 230 g/mol. The molecule has 1 fully saturated rings. The second kappa shape index (κ2) is 5.44. The molecule has 4 nitrogen and oxygen atoms in total. The molecule has 4 heteroatoms. The van der Waals surface area contributed by atoms with Gasteiger partial charge in [0.1, 0.15) is 6.10 Å². The third-order valence-electron chi connectivity index (χ3n) is 3.68. The molecule has 2 rings (SSSR count). The zero-order chi connectivity index (χ0) is 13.0. The topological polar surface area (TPSA) is 69.9 Å². The fraction of sp³-hybridized carbons (Fsp3) is 0.500. The van der Waals surface area contributed by atoms with Crippen LogP contribution < -0.4 is 0 Å². The van der Waals surface area contributed by atoms with E-state index in [-0.39, 0.29) is 6.61 Å². The van der Waals surface area contributed by atoms with Gasteiger partial charge in [0.2, 0.25) is 6.08 Å². The quantitative estimate of drug-likeness (QED) is 0.629. The molecule has 1 aliphatic rings. The summed E-state index contributed by atoms with van der Waals surface area (Å²) in [5, 5.41) is 19.0. The van der Waals surface area contributed by atoms with E-state index in [2.05, 4.69) is 4.99 Å². The molecule has 0 radical (unpaired) electrons. The summed E-state index contributed by atoms with van der Waals surface area (Å²) < 4.78 is 0. The molecule has 1 aromatic carbocycles. The minimum absolute atomic E-state index is 0.335. The van der Waals surface area contributed by atoms with Crippen LogP contribution in [-0.4, -0.2) is 22.9 Å². The molecule has 0 aromatic heterocycles. The van der Waals surface area contributed by atoms with Crippen LogP contribution in [0.2, 0.25) is 0 Å².